The van der Waals surface area contributed by atoms with Crippen molar-refractivity contribution in [1.82, 2.24) is 24.9 Å². The number of rotatable bonds is 3. The smallest absolute Gasteiger partial charge is 0.245 e. The molecule has 1 aromatic heterocycles. The molecule has 7 nitrogen and oxygen atoms in total. The number of halogens is 1. The molecule has 2 aliphatic rings. The summed E-state index contributed by atoms with van der Waals surface area (Å²) in [5.74, 6) is -0.393. The first-order chi connectivity index (χ1) is 12.5. The quantitative estimate of drug-likeness (QED) is 0.871. The molecule has 3 heterocycles. The molecule has 2 atom stereocenters. The highest BCUT2D eigenvalue weighted by Crippen LogP contribution is 2.18. The molecular weight excluding hydrogens is 337 g/mol. The molecule has 8 heteroatoms. The molecule has 0 radical (unpaired) electrons. The second kappa shape index (κ2) is 6.53. The van der Waals surface area contributed by atoms with E-state index in [1.165, 1.54) is 12.1 Å². The van der Waals surface area contributed by atoms with Gasteiger partial charge >= 0.3 is 0 Å². The van der Waals surface area contributed by atoms with Crippen molar-refractivity contribution in [3.8, 4) is 5.69 Å². The monoisotopic (exact) mass is 357 g/mol. The number of piperazine rings is 2. The predicted molar refractivity (Wildman–Crippen MR) is 91.9 cm³/mol. The molecule has 0 saturated carbocycles. The fraction of sp³-hybridized carbons (Fsp3) is 0.389. The van der Waals surface area contributed by atoms with Crippen molar-refractivity contribution in [1.29, 1.82) is 0 Å². The Morgan fingerprint density at radius 2 is 2.00 bits per heavy atom. The molecule has 2 fully saturated rings. The normalized spacial score (nSPS) is 23.7. The summed E-state index contributed by atoms with van der Waals surface area (Å²) < 4.78 is 14.7. The van der Waals surface area contributed by atoms with Gasteiger partial charge in [0.15, 0.2) is 0 Å². The highest BCUT2D eigenvalue weighted by atomic mass is 19.1. The highest BCUT2D eigenvalue weighted by molar-refractivity contribution is 5.97. The predicted octanol–water partition coefficient (Wildman–Crippen LogP) is 0.542. The van der Waals surface area contributed by atoms with Crippen molar-refractivity contribution in [2.45, 2.75) is 25.6 Å². The molecule has 1 aromatic carbocycles. The lowest BCUT2D eigenvalue weighted by Crippen LogP contribution is -2.68. The van der Waals surface area contributed by atoms with Crippen LogP contribution < -0.4 is 5.32 Å². The van der Waals surface area contributed by atoms with E-state index in [9.17, 15) is 14.0 Å². The fourth-order valence-electron chi connectivity index (χ4n) is 3.53. The fourth-order valence-corrected chi connectivity index (χ4v) is 3.53. The SMILES string of the molecule is C[C@@H]1NC(=O)[C@H]2CN(Cc3cnn(-c4ccc(F)cc4)c3)CCN2C1=O. The second-order valence-electron chi connectivity index (χ2n) is 6.78. The van der Waals surface area contributed by atoms with E-state index in [1.807, 2.05) is 6.20 Å². The van der Waals surface area contributed by atoms with E-state index in [0.29, 0.717) is 26.2 Å². The van der Waals surface area contributed by atoms with Crippen LogP contribution in [0.4, 0.5) is 4.39 Å². The highest BCUT2D eigenvalue weighted by Gasteiger charge is 2.41. The third-order valence-corrected chi connectivity index (χ3v) is 4.91. The van der Waals surface area contributed by atoms with Gasteiger partial charge in [-0.3, -0.25) is 14.5 Å². The third kappa shape index (κ3) is 3.08. The van der Waals surface area contributed by atoms with E-state index < -0.39 is 12.1 Å². The summed E-state index contributed by atoms with van der Waals surface area (Å²) in [6.07, 6.45) is 3.66. The number of amides is 2. The van der Waals surface area contributed by atoms with Crippen molar-refractivity contribution in [3.05, 3.63) is 48.0 Å². The number of nitrogens with zero attached hydrogens (tertiary/aromatic N) is 4. The second-order valence-corrected chi connectivity index (χ2v) is 6.78. The maximum Gasteiger partial charge on any atom is 0.245 e. The lowest BCUT2D eigenvalue weighted by molar-refractivity contribution is -0.152. The Morgan fingerprint density at radius 1 is 1.23 bits per heavy atom. The minimum absolute atomic E-state index is 0.0154. The molecule has 2 amide bonds. The molecule has 136 valence electrons. The van der Waals surface area contributed by atoms with E-state index in [1.54, 1.807) is 34.8 Å². The number of nitrogens with one attached hydrogen (secondary N) is 1. The van der Waals surface area contributed by atoms with Crippen LogP contribution in [-0.4, -0.2) is 63.1 Å². The van der Waals surface area contributed by atoms with Crippen molar-refractivity contribution >= 4 is 11.8 Å². The van der Waals surface area contributed by atoms with Crippen LogP contribution in [0.25, 0.3) is 5.69 Å². The third-order valence-electron chi connectivity index (χ3n) is 4.91. The van der Waals surface area contributed by atoms with Gasteiger partial charge in [0.1, 0.15) is 17.9 Å². The van der Waals surface area contributed by atoms with Crippen molar-refractivity contribution in [2.24, 2.45) is 0 Å². The Hall–Kier alpha value is -2.74. The molecule has 26 heavy (non-hydrogen) atoms. The zero-order chi connectivity index (χ0) is 18.3. The van der Waals surface area contributed by atoms with Crippen molar-refractivity contribution in [3.63, 3.8) is 0 Å². The zero-order valence-electron chi connectivity index (χ0n) is 14.4. The number of fused-ring (bicyclic) bond motifs is 1. The van der Waals surface area contributed by atoms with Crippen molar-refractivity contribution < 1.29 is 14.0 Å². The van der Waals surface area contributed by atoms with Gasteiger partial charge in [-0.05, 0) is 31.2 Å². The molecular formula is C18H20FN5O2. The molecule has 0 bridgehead atoms. The van der Waals surface area contributed by atoms with Crippen LogP contribution in [0, 0.1) is 5.82 Å². The average molecular weight is 357 g/mol. The van der Waals surface area contributed by atoms with Crippen LogP contribution >= 0.6 is 0 Å². The van der Waals surface area contributed by atoms with Gasteiger partial charge in [-0.1, -0.05) is 0 Å². The number of hydrogen-bond donors (Lipinski definition) is 1. The Bertz CT molecular complexity index is 834. The summed E-state index contributed by atoms with van der Waals surface area (Å²) in [5, 5.41) is 7.06. The summed E-state index contributed by atoms with van der Waals surface area (Å²) in [6, 6.07) is 5.26. The van der Waals surface area contributed by atoms with E-state index in [4.69, 9.17) is 0 Å². The zero-order valence-corrected chi connectivity index (χ0v) is 14.4. The largest absolute Gasteiger partial charge is 0.343 e. The standard InChI is InChI=1S/C18H20FN5O2/c1-12-18(26)23-7-6-22(11-16(23)17(25)21-12)9-13-8-20-24(10-13)15-4-2-14(19)3-5-15/h2-5,8,10,12,16H,6-7,9,11H2,1H3,(H,21,25)/t12-,16+/m0/s1. The summed E-state index contributed by atoms with van der Waals surface area (Å²) >= 11 is 0. The topological polar surface area (TPSA) is 70.5 Å². The van der Waals surface area contributed by atoms with Gasteiger partial charge in [0.2, 0.25) is 11.8 Å². The molecule has 2 saturated heterocycles. The summed E-state index contributed by atoms with van der Waals surface area (Å²) in [6.45, 7) is 4.12. The van der Waals surface area contributed by atoms with E-state index in [2.05, 4.69) is 15.3 Å². The number of carbonyl (C=O) groups excluding carboxylic acids is 2. The van der Waals surface area contributed by atoms with Crippen LogP contribution in [0.2, 0.25) is 0 Å². The Balaban J connectivity index is 1.43. The summed E-state index contributed by atoms with van der Waals surface area (Å²) in [7, 11) is 0. The Labute approximate surface area is 150 Å². The van der Waals surface area contributed by atoms with Gasteiger partial charge < -0.3 is 10.2 Å². The van der Waals surface area contributed by atoms with E-state index in [-0.39, 0.29) is 17.6 Å². The lowest BCUT2D eigenvalue weighted by atomic mass is 10.0. The van der Waals surface area contributed by atoms with Crippen LogP contribution in [0.1, 0.15) is 12.5 Å². The molecule has 0 spiro atoms. The molecule has 1 N–H and O–H groups in total. The number of carbonyl (C=O) groups is 2. The molecule has 0 aliphatic carbocycles. The number of aromatic nitrogens is 2. The van der Waals surface area contributed by atoms with Crippen LogP contribution in [-0.2, 0) is 16.1 Å². The number of benzene rings is 1. The minimum Gasteiger partial charge on any atom is -0.343 e. The van der Waals surface area contributed by atoms with Gasteiger partial charge in [0, 0.05) is 37.9 Å². The first-order valence-corrected chi connectivity index (χ1v) is 8.64. The summed E-state index contributed by atoms with van der Waals surface area (Å²) in [4.78, 5) is 28.3. The van der Waals surface area contributed by atoms with Crippen LogP contribution in [0.3, 0.4) is 0 Å². The van der Waals surface area contributed by atoms with Gasteiger partial charge in [0.25, 0.3) is 0 Å². The molecule has 2 aliphatic heterocycles. The van der Waals surface area contributed by atoms with Crippen LogP contribution in [0.5, 0.6) is 0 Å². The molecule has 0 unspecified atom stereocenters. The van der Waals surface area contributed by atoms with Crippen molar-refractivity contribution in [2.75, 3.05) is 19.6 Å². The first-order valence-electron chi connectivity index (χ1n) is 8.64. The number of hydrogen-bond acceptors (Lipinski definition) is 4. The van der Waals surface area contributed by atoms with E-state index in [0.717, 1.165) is 11.3 Å². The van der Waals surface area contributed by atoms with E-state index >= 15 is 0 Å². The van der Waals surface area contributed by atoms with Gasteiger partial charge in [0.05, 0.1) is 11.9 Å². The average Bonchev–Trinajstić information content (AvgIpc) is 3.09. The first kappa shape index (κ1) is 16.7. The van der Waals surface area contributed by atoms with Crippen LogP contribution in [0.15, 0.2) is 36.7 Å². The molecule has 2 aromatic rings. The van der Waals surface area contributed by atoms with Gasteiger partial charge in [-0.2, -0.15) is 5.10 Å². The van der Waals surface area contributed by atoms with Gasteiger partial charge in [-0.25, -0.2) is 9.07 Å². The lowest BCUT2D eigenvalue weighted by Gasteiger charge is -2.44. The minimum atomic E-state index is -0.445. The maximum atomic E-state index is 13.0. The summed E-state index contributed by atoms with van der Waals surface area (Å²) in [5.41, 5.74) is 1.78. The Kier molecular flexibility index (Phi) is 4.20. The molecule has 4 rings (SSSR count). The van der Waals surface area contributed by atoms with Gasteiger partial charge in [-0.15, -0.1) is 0 Å². The maximum absolute atomic E-state index is 13.0. The Morgan fingerprint density at radius 3 is 2.77 bits per heavy atom.